The molecule has 3 nitrogen and oxygen atoms in total. The first-order valence-corrected chi connectivity index (χ1v) is 3.91. The monoisotopic (exact) mass is 147 g/mol. The van der Waals surface area contributed by atoms with Crippen LogP contribution in [0, 0.1) is 0 Å². The lowest BCUT2D eigenvalue weighted by Gasteiger charge is -2.00. The molecule has 0 aliphatic rings. The van der Waals surface area contributed by atoms with Crippen LogP contribution in [0.5, 0.6) is 0 Å². The van der Waals surface area contributed by atoms with Crippen molar-refractivity contribution in [3.05, 3.63) is 0 Å². The van der Waals surface area contributed by atoms with Crippen molar-refractivity contribution in [2.75, 3.05) is 33.9 Å². The number of hydrogen-bond acceptors (Lipinski definition) is 3. The van der Waals surface area contributed by atoms with Crippen molar-refractivity contribution in [1.82, 2.24) is 16.0 Å². The molecule has 0 fully saturated rings. The lowest BCUT2D eigenvalue weighted by Crippen LogP contribution is -2.31. The molecule has 0 rings (SSSR count). The molecule has 0 saturated carbocycles. The Morgan fingerprint density at radius 3 is 1.90 bits per heavy atom. The molecule has 3 heteroatoms. The van der Waals surface area contributed by atoms with Crippen molar-refractivity contribution in [1.29, 1.82) is 0 Å². The molecule has 0 bridgehead atoms. The smallest absolute Gasteiger partial charge is 0.0452 e. The van der Waals surface area contributed by atoms with Crippen LogP contribution >= 0.6 is 0 Å². The second kappa shape index (κ2) is 15.9. The van der Waals surface area contributed by atoms with E-state index in [9.17, 15) is 0 Å². The second-order valence-electron chi connectivity index (χ2n) is 1.63. The minimum atomic E-state index is 0.891. The predicted molar refractivity (Wildman–Crippen MR) is 47.2 cm³/mol. The molecule has 0 spiro atoms. The largest absolute Gasteiger partial charge is 0.318 e. The van der Waals surface area contributed by atoms with E-state index in [1.165, 1.54) is 0 Å². The summed E-state index contributed by atoms with van der Waals surface area (Å²) in [6.07, 6.45) is 0. The minimum Gasteiger partial charge on any atom is -0.318 e. The Bertz CT molecular complexity index is 33.8. The Morgan fingerprint density at radius 2 is 1.50 bits per heavy atom. The van der Waals surface area contributed by atoms with Crippen LogP contribution in [-0.2, 0) is 0 Å². The van der Waals surface area contributed by atoms with Gasteiger partial charge in [-0.05, 0) is 14.1 Å². The molecule has 64 valence electrons. The Balaban J connectivity index is 0. The molecule has 3 N–H and O–H groups in total. The van der Waals surface area contributed by atoms with E-state index < -0.39 is 0 Å². The summed E-state index contributed by atoms with van der Waals surface area (Å²) in [7, 11) is 3.87. The van der Waals surface area contributed by atoms with Gasteiger partial charge in [0.15, 0.2) is 0 Å². The fourth-order valence-electron chi connectivity index (χ4n) is 0.427. The van der Waals surface area contributed by atoms with Gasteiger partial charge in [0.2, 0.25) is 0 Å². The maximum atomic E-state index is 3.16. The van der Waals surface area contributed by atoms with Gasteiger partial charge in [0, 0.05) is 19.8 Å². The summed E-state index contributed by atoms with van der Waals surface area (Å²) in [6, 6.07) is 0. The standard InChI is InChI=1S/C5H15N3.C2H6/c1-6-3-4-8-5-7-2;1-2/h6-8H,3-5H2,1-2H3;1-2H3. The van der Waals surface area contributed by atoms with E-state index in [4.69, 9.17) is 0 Å². The average Bonchev–Trinajstić information content (AvgIpc) is 2.02. The zero-order valence-corrected chi connectivity index (χ0v) is 7.62. The molecule has 0 atom stereocenters. The SMILES string of the molecule is CC.CNCCNCNC. The highest BCUT2D eigenvalue weighted by atomic mass is 15.0. The summed E-state index contributed by atoms with van der Waals surface area (Å²) in [5.74, 6) is 0. The van der Waals surface area contributed by atoms with Crippen molar-refractivity contribution in [2.45, 2.75) is 13.8 Å². The zero-order chi connectivity index (χ0) is 8.24. The summed E-state index contributed by atoms with van der Waals surface area (Å²) in [5.41, 5.74) is 0. The number of rotatable bonds is 5. The molecule has 0 aliphatic heterocycles. The molecule has 10 heavy (non-hydrogen) atoms. The van der Waals surface area contributed by atoms with Gasteiger partial charge in [0.1, 0.15) is 0 Å². The Morgan fingerprint density at radius 1 is 0.900 bits per heavy atom. The van der Waals surface area contributed by atoms with Crippen LogP contribution in [0.1, 0.15) is 13.8 Å². The molecule has 0 aromatic heterocycles. The van der Waals surface area contributed by atoms with Crippen molar-refractivity contribution in [2.24, 2.45) is 0 Å². The first-order chi connectivity index (χ1) is 4.91. The fraction of sp³-hybridized carbons (Fsp3) is 1.00. The van der Waals surface area contributed by atoms with Crippen molar-refractivity contribution < 1.29 is 0 Å². The second-order valence-corrected chi connectivity index (χ2v) is 1.63. The minimum absolute atomic E-state index is 0.891. The van der Waals surface area contributed by atoms with E-state index in [1.807, 2.05) is 27.9 Å². The van der Waals surface area contributed by atoms with Gasteiger partial charge < -0.3 is 16.0 Å². The van der Waals surface area contributed by atoms with Gasteiger partial charge in [0.25, 0.3) is 0 Å². The average molecular weight is 147 g/mol. The van der Waals surface area contributed by atoms with Gasteiger partial charge in [-0.15, -0.1) is 0 Å². The molecule has 0 unspecified atom stereocenters. The summed E-state index contributed by atoms with van der Waals surface area (Å²) in [6.45, 7) is 6.95. The zero-order valence-electron chi connectivity index (χ0n) is 7.62. The third-order valence-corrected chi connectivity index (χ3v) is 0.854. The summed E-state index contributed by atoms with van der Waals surface area (Å²) >= 11 is 0. The van der Waals surface area contributed by atoms with Crippen LogP contribution in [0.4, 0.5) is 0 Å². The molecular formula is C7H21N3. The highest BCUT2D eigenvalue weighted by Gasteiger charge is 1.78. The highest BCUT2D eigenvalue weighted by Crippen LogP contribution is 1.50. The molecular weight excluding hydrogens is 126 g/mol. The van der Waals surface area contributed by atoms with Gasteiger partial charge in [-0.25, -0.2) is 0 Å². The number of likely N-dealkylation sites (N-methyl/N-ethyl adjacent to an activating group) is 1. The number of hydrogen-bond donors (Lipinski definition) is 3. The van der Waals surface area contributed by atoms with Gasteiger partial charge in [0.05, 0.1) is 0 Å². The van der Waals surface area contributed by atoms with Crippen LogP contribution in [0.2, 0.25) is 0 Å². The van der Waals surface area contributed by atoms with Crippen molar-refractivity contribution in [3.8, 4) is 0 Å². The van der Waals surface area contributed by atoms with Gasteiger partial charge in [-0.1, -0.05) is 13.8 Å². The van der Waals surface area contributed by atoms with E-state index >= 15 is 0 Å². The molecule has 0 heterocycles. The van der Waals surface area contributed by atoms with E-state index in [2.05, 4.69) is 16.0 Å². The maximum Gasteiger partial charge on any atom is 0.0452 e. The maximum absolute atomic E-state index is 3.16. The number of nitrogens with one attached hydrogen (secondary N) is 3. The third-order valence-electron chi connectivity index (χ3n) is 0.854. The topological polar surface area (TPSA) is 36.1 Å². The van der Waals surface area contributed by atoms with E-state index in [0.29, 0.717) is 0 Å². The van der Waals surface area contributed by atoms with E-state index in [1.54, 1.807) is 0 Å². The van der Waals surface area contributed by atoms with Crippen LogP contribution in [0.3, 0.4) is 0 Å². The van der Waals surface area contributed by atoms with Gasteiger partial charge in [-0.3, -0.25) is 0 Å². The van der Waals surface area contributed by atoms with Gasteiger partial charge >= 0.3 is 0 Å². The first-order valence-electron chi connectivity index (χ1n) is 3.91. The molecule has 0 aromatic rings. The summed E-state index contributed by atoms with van der Waals surface area (Å²) in [5, 5.41) is 9.19. The highest BCUT2D eigenvalue weighted by molar-refractivity contribution is 4.44. The lowest BCUT2D eigenvalue weighted by atomic mass is 10.6. The van der Waals surface area contributed by atoms with E-state index in [0.717, 1.165) is 19.8 Å². The summed E-state index contributed by atoms with van der Waals surface area (Å²) in [4.78, 5) is 0. The quantitative estimate of drug-likeness (QED) is 0.378. The predicted octanol–water partition coefficient (Wildman–Crippen LogP) is -0.00150. The Hall–Kier alpha value is -0.120. The van der Waals surface area contributed by atoms with Crippen LogP contribution in [0.15, 0.2) is 0 Å². The normalized spacial score (nSPS) is 8.40. The van der Waals surface area contributed by atoms with Gasteiger partial charge in [-0.2, -0.15) is 0 Å². The summed E-state index contributed by atoms with van der Waals surface area (Å²) < 4.78 is 0. The Labute approximate surface area is 64.6 Å². The lowest BCUT2D eigenvalue weighted by molar-refractivity contribution is 0.611. The molecule has 0 aromatic carbocycles. The molecule has 0 amide bonds. The van der Waals surface area contributed by atoms with Crippen molar-refractivity contribution in [3.63, 3.8) is 0 Å². The Kier molecular flexibility index (Phi) is 20.0. The fourth-order valence-corrected chi connectivity index (χ4v) is 0.427. The molecule has 0 saturated heterocycles. The first kappa shape index (κ1) is 12.5. The third kappa shape index (κ3) is 15.7. The van der Waals surface area contributed by atoms with E-state index in [-0.39, 0.29) is 0 Å². The van der Waals surface area contributed by atoms with Crippen LogP contribution in [-0.4, -0.2) is 33.9 Å². The van der Waals surface area contributed by atoms with Crippen LogP contribution in [0.25, 0.3) is 0 Å². The molecule has 0 radical (unpaired) electrons. The molecule has 0 aliphatic carbocycles. The van der Waals surface area contributed by atoms with Crippen LogP contribution < -0.4 is 16.0 Å². The van der Waals surface area contributed by atoms with Crippen molar-refractivity contribution >= 4 is 0 Å².